The van der Waals surface area contributed by atoms with Crippen LogP contribution >= 0.6 is 0 Å². The van der Waals surface area contributed by atoms with Crippen LogP contribution in [0.5, 0.6) is 0 Å². The molecular formula is C11H11N3O. The van der Waals surface area contributed by atoms with Gasteiger partial charge in [0.05, 0.1) is 18.5 Å². The summed E-state index contributed by atoms with van der Waals surface area (Å²) in [7, 11) is 0. The van der Waals surface area contributed by atoms with E-state index in [1.54, 1.807) is 12.6 Å². The fraction of sp³-hybridized carbons (Fsp3) is 0.273. The first-order valence-electron chi connectivity index (χ1n) is 4.94. The van der Waals surface area contributed by atoms with Crippen LogP contribution in [0.4, 0.5) is 0 Å². The molecule has 0 aliphatic carbocycles. The maximum Gasteiger partial charge on any atom is 0.117 e. The first kappa shape index (κ1) is 8.61. The maximum absolute atomic E-state index is 5.32. The number of rotatable bonds is 2. The highest BCUT2D eigenvalue weighted by atomic mass is 16.3. The molecule has 0 bridgehead atoms. The highest BCUT2D eigenvalue weighted by Crippen LogP contribution is 2.21. The van der Waals surface area contributed by atoms with Gasteiger partial charge in [-0.3, -0.25) is 4.90 Å². The van der Waals surface area contributed by atoms with Gasteiger partial charge in [-0.15, -0.1) is 0 Å². The van der Waals surface area contributed by atoms with Crippen molar-refractivity contribution in [1.82, 2.24) is 14.9 Å². The molecule has 1 aliphatic heterocycles. The summed E-state index contributed by atoms with van der Waals surface area (Å²) in [5.74, 6) is 0.996. The normalized spacial score (nSPS) is 15.5. The Kier molecular flexibility index (Phi) is 1.99. The molecule has 3 rings (SSSR count). The Labute approximate surface area is 87.6 Å². The SMILES string of the molecule is c1coc(CN2Cc3cncnc3C2)c1. The first-order chi connectivity index (χ1) is 7.42. The molecule has 76 valence electrons. The average molecular weight is 201 g/mol. The summed E-state index contributed by atoms with van der Waals surface area (Å²) in [6, 6.07) is 3.91. The van der Waals surface area contributed by atoms with Crippen molar-refractivity contribution in [3.63, 3.8) is 0 Å². The molecule has 0 atom stereocenters. The van der Waals surface area contributed by atoms with Gasteiger partial charge in [-0.2, -0.15) is 0 Å². The van der Waals surface area contributed by atoms with E-state index in [0.29, 0.717) is 0 Å². The molecule has 0 fully saturated rings. The Morgan fingerprint density at radius 3 is 3.20 bits per heavy atom. The molecule has 2 aromatic heterocycles. The van der Waals surface area contributed by atoms with Crippen LogP contribution in [0.2, 0.25) is 0 Å². The zero-order chi connectivity index (χ0) is 10.1. The van der Waals surface area contributed by atoms with Crippen LogP contribution in [-0.4, -0.2) is 14.9 Å². The Hall–Kier alpha value is -1.68. The number of furan rings is 1. The van der Waals surface area contributed by atoms with Crippen molar-refractivity contribution in [2.45, 2.75) is 19.6 Å². The van der Waals surface area contributed by atoms with E-state index in [9.17, 15) is 0 Å². The van der Waals surface area contributed by atoms with Crippen LogP contribution < -0.4 is 0 Å². The molecule has 0 spiro atoms. The molecule has 4 heteroatoms. The molecule has 0 saturated carbocycles. The van der Waals surface area contributed by atoms with Crippen LogP contribution in [0, 0.1) is 0 Å². The van der Waals surface area contributed by atoms with Crippen molar-refractivity contribution in [1.29, 1.82) is 0 Å². The fourth-order valence-corrected chi connectivity index (χ4v) is 1.90. The summed E-state index contributed by atoms with van der Waals surface area (Å²) in [5.41, 5.74) is 2.36. The smallest absolute Gasteiger partial charge is 0.117 e. The van der Waals surface area contributed by atoms with Crippen LogP contribution in [0.25, 0.3) is 0 Å². The van der Waals surface area contributed by atoms with Crippen LogP contribution in [0.3, 0.4) is 0 Å². The predicted molar refractivity (Wildman–Crippen MR) is 53.7 cm³/mol. The van der Waals surface area contributed by atoms with Crippen LogP contribution in [0.1, 0.15) is 17.0 Å². The molecule has 2 aromatic rings. The predicted octanol–water partition coefficient (Wildman–Crippen LogP) is 1.59. The molecule has 4 nitrogen and oxygen atoms in total. The molecule has 1 aliphatic rings. The van der Waals surface area contributed by atoms with E-state index >= 15 is 0 Å². The highest BCUT2D eigenvalue weighted by Gasteiger charge is 2.20. The van der Waals surface area contributed by atoms with E-state index in [2.05, 4.69) is 14.9 Å². The standard InChI is InChI=1S/C11H11N3O/c1-2-10(15-3-1)6-14-5-9-4-12-8-13-11(9)7-14/h1-4,8H,5-7H2. The van der Waals surface area contributed by atoms with Gasteiger partial charge in [0.25, 0.3) is 0 Å². The topological polar surface area (TPSA) is 42.2 Å². The third-order valence-electron chi connectivity index (χ3n) is 2.61. The number of nitrogens with zero attached hydrogens (tertiary/aromatic N) is 3. The molecule has 0 aromatic carbocycles. The minimum Gasteiger partial charge on any atom is -0.468 e. The molecule has 0 radical (unpaired) electrons. The molecule has 0 amide bonds. The molecule has 0 unspecified atom stereocenters. The third kappa shape index (κ3) is 1.64. The van der Waals surface area contributed by atoms with Gasteiger partial charge in [-0.1, -0.05) is 0 Å². The number of hydrogen-bond donors (Lipinski definition) is 0. The van der Waals surface area contributed by atoms with Crippen molar-refractivity contribution in [2.75, 3.05) is 0 Å². The van der Waals surface area contributed by atoms with Crippen molar-refractivity contribution in [2.24, 2.45) is 0 Å². The van der Waals surface area contributed by atoms with Gasteiger partial charge in [0, 0.05) is 24.8 Å². The maximum atomic E-state index is 5.32. The Morgan fingerprint density at radius 1 is 1.40 bits per heavy atom. The zero-order valence-corrected chi connectivity index (χ0v) is 8.26. The quantitative estimate of drug-likeness (QED) is 0.739. The first-order valence-corrected chi connectivity index (χ1v) is 4.94. The van der Waals surface area contributed by atoms with Gasteiger partial charge in [-0.25, -0.2) is 9.97 Å². The number of fused-ring (bicyclic) bond motifs is 1. The number of aromatic nitrogens is 2. The van der Waals surface area contributed by atoms with Crippen LogP contribution in [-0.2, 0) is 19.6 Å². The van der Waals surface area contributed by atoms with E-state index in [-0.39, 0.29) is 0 Å². The monoisotopic (exact) mass is 201 g/mol. The molecule has 0 saturated heterocycles. The fourth-order valence-electron chi connectivity index (χ4n) is 1.90. The van der Waals surface area contributed by atoms with E-state index in [4.69, 9.17) is 4.42 Å². The van der Waals surface area contributed by atoms with E-state index < -0.39 is 0 Å². The van der Waals surface area contributed by atoms with Crippen molar-refractivity contribution in [3.05, 3.63) is 47.9 Å². The average Bonchev–Trinajstić information content (AvgIpc) is 2.86. The number of hydrogen-bond acceptors (Lipinski definition) is 4. The van der Waals surface area contributed by atoms with E-state index in [0.717, 1.165) is 31.1 Å². The lowest BCUT2D eigenvalue weighted by Gasteiger charge is -2.11. The van der Waals surface area contributed by atoms with E-state index in [1.165, 1.54) is 5.56 Å². The lowest BCUT2D eigenvalue weighted by atomic mass is 10.3. The largest absolute Gasteiger partial charge is 0.468 e. The minimum absolute atomic E-state index is 0.837. The van der Waals surface area contributed by atoms with Crippen LogP contribution in [0.15, 0.2) is 35.3 Å². The van der Waals surface area contributed by atoms with Gasteiger partial charge in [0.2, 0.25) is 0 Å². The van der Waals surface area contributed by atoms with Crippen molar-refractivity contribution < 1.29 is 4.42 Å². The minimum atomic E-state index is 0.837. The second-order valence-electron chi connectivity index (χ2n) is 3.72. The lowest BCUT2D eigenvalue weighted by molar-refractivity contribution is 0.249. The van der Waals surface area contributed by atoms with Gasteiger partial charge in [0.1, 0.15) is 12.1 Å². The summed E-state index contributed by atoms with van der Waals surface area (Å²) < 4.78 is 5.32. The zero-order valence-electron chi connectivity index (χ0n) is 8.26. The molecule has 3 heterocycles. The van der Waals surface area contributed by atoms with Gasteiger partial charge in [-0.05, 0) is 12.1 Å². The van der Waals surface area contributed by atoms with Gasteiger partial charge in [0.15, 0.2) is 0 Å². The highest BCUT2D eigenvalue weighted by molar-refractivity contribution is 5.20. The molecular weight excluding hydrogens is 190 g/mol. The van der Waals surface area contributed by atoms with E-state index in [1.807, 2.05) is 18.3 Å². The summed E-state index contributed by atoms with van der Waals surface area (Å²) in [6.45, 7) is 2.64. The molecule has 15 heavy (non-hydrogen) atoms. The Balaban J connectivity index is 1.74. The second-order valence-corrected chi connectivity index (χ2v) is 3.72. The lowest BCUT2D eigenvalue weighted by Crippen LogP contribution is -2.15. The third-order valence-corrected chi connectivity index (χ3v) is 2.61. The Bertz CT molecular complexity index is 425. The Morgan fingerprint density at radius 2 is 2.40 bits per heavy atom. The van der Waals surface area contributed by atoms with Gasteiger partial charge < -0.3 is 4.42 Å². The molecule has 0 N–H and O–H groups in total. The van der Waals surface area contributed by atoms with Crippen molar-refractivity contribution in [3.8, 4) is 0 Å². The van der Waals surface area contributed by atoms with Gasteiger partial charge >= 0.3 is 0 Å². The summed E-state index contributed by atoms with van der Waals surface area (Å²) >= 11 is 0. The second kappa shape index (κ2) is 3.47. The summed E-state index contributed by atoms with van der Waals surface area (Å²) in [4.78, 5) is 10.6. The van der Waals surface area contributed by atoms with Crippen molar-refractivity contribution >= 4 is 0 Å². The summed E-state index contributed by atoms with van der Waals surface area (Å²) in [6.07, 6.45) is 5.21. The summed E-state index contributed by atoms with van der Waals surface area (Å²) in [5, 5.41) is 0.